The molecule has 0 spiro atoms. The molecular weight excluding hydrogens is 534 g/mol. The van der Waals surface area contributed by atoms with Gasteiger partial charge in [0.15, 0.2) is 0 Å². The van der Waals surface area contributed by atoms with Crippen LogP contribution in [0.1, 0.15) is 16.7 Å². The third-order valence-corrected chi connectivity index (χ3v) is 8.26. The first kappa shape index (κ1) is 22.7. The molecule has 3 heteroatoms. The Kier molecular flexibility index (Phi) is 7.50. The summed E-state index contributed by atoms with van der Waals surface area (Å²) in [5.74, 6) is 15.2. The van der Waals surface area contributed by atoms with Gasteiger partial charge in [-0.05, 0) is 64.4 Å². The number of rotatable bonds is 2. The van der Waals surface area contributed by atoms with E-state index in [0.29, 0.717) is 0 Å². The molecule has 4 aromatic carbocycles. The summed E-state index contributed by atoms with van der Waals surface area (Å²) < 4.78 is 15.2. The van der Waals surface area contributed by atoms with E-state index in [0.717, 1.165) is 30.9 Å². The lowest BCUT2D eigenvalue weighted by Gasteiger charge is -2.12. The molecule has 0 aliphatic heterocycles. The first-order valence-corrected chi connectivity index (χ1v) is 13.1. The Morgan fingerprint density at radius 2 is 0.939 bits per heavy atom. The van der Waals surface area contributed by atoms with E-state index in [2.05, 4.69) is 57.9 Å². The van der Waals surface area contributed by atoms with Crippen LogP contribution in [0.25, 0.3) is 0 Å². The topological polar surface area (TPSA) is 17.1 Å². The van der Waals surface area contributed by atoms with Crippen molar-refractivity contribution in [2.75, 3.05) is 0 Å². The van der Waals surface area contributed by atoms with Crippen LogP contribution in [0.5, 0.6) is 0 Å². The van der Waals surface area contributed by atoms with E-state index >= 15 is 0 Å². The Balaban J connectivity index is 1.71. The van der Waals surface area contributed by atoms with Gasteiger partial charge in [-0.25, -0.2) is 0 Å². The average molecular weight is 552 g/mol. The normalized spacial score (nSPS) is 9.97. The second kappa shape index (κ2) is 10.9. The molecule has 156 valence electrons. The SMILES string of the molecule is O=P(C#Cc1ccccc1C#CC#Cc1ccccc1I)(c1ccccc1)c1ccccc1. The Labute approximate surface area is 208 Å². The molecule has 0 saturated carbocycles. The van der Waals surface area contributed by atoms with Crippen molar-refractivity contribution < 1.29 is 4.57 Å². The van der Waals surface area contributed by atoms with Crippen molar-refractivity contribution >= 4 is 40.3 Å². The molecule has 0 N–H and O–H groups in total. The molecular formula is C30H18IOP. The lowest BCUT2D eigenvalue weighted by atomic mass is 10.1. The predicted octanol–water partition coefficient (Wildman–Crippen LogP) is 6.02. The Bertz CT molecular complexity index is 1460. The summed E-state index contributed by atoms with van der Waals surface area (Å²) in [5.41, 5.74) is 5.55. The highest BCUT2D eigenvalue weighted by atomic mass is 127. The minimum Gasteiger partial charge on any atom is -0.300 e. The van der Waals surface area contributed by atoms with Gasteiger partial charge < -0.3 is 0 Å². The number of halogens is 1. The van der Waals surface area contributed by atoms with Crippen LogP contribution < -0.4 is 10.6 Å². The van der Waals surface area contributed by atoms with Gasteiger partial charge in [-0.2, -0.15) is 0 Å². The Hall–Kier alpha value is -3.48. The zero-order chi connectivity index (χ0) is 22.9. The van der Waals surface area contributed by atoms with Crippen LogP contribution in [0.4, 0.5) is 0 Å². The zero-order valence-corrected chi connectivity index (χ0v) is 20.7. The van der Waals surface area contributed by atoms with Gasteiger partial charge in [0.2, 0.25) is 7.14 Å². The van der Waals surface area contributed by atoms with Crippen LogP contribution >= 0.6 is 29.7 Å². The predicted molar refractivity (Wildman–Crippen MR) is 146 cm³/mol. The quantitative estimate of drug-likeness (QED) is 0.169. The molecule has 0 bridgehead atoms. The summed E-state index contributed by atoms with van der Waals surface area (Å²) in [7, 11) is -3.12. The van der Waals surface area contributed by atoms with Crippen LogP contribution in [-0.2, 0) is 4.57 Å². The highest BCUT2D eigenvalue weighted by Gasteiger charge is 2.24. The fourth-order valence-electron chi connectivity index (χ4n) is 3.15. The summed E-state index contributed by atoms with van der Waals surface area (Å²) in [6.45, 7) is 0. The van der Waals surface area contributed by atoms with Crippen LogP contribution in [0.2, 0.25) is 0 Å². The van der Waals surface area contributed by atoms with E-state index in [1.54, 1.807) is 0 Å². The largest absolute Gasteiger partial charge is 0.300 e. The highest BCUT2D eigenvalue weighted by molar-refractivity contribution is 14.1. The molecule has 4 rings (SSSR count). The maximum atomic E-state index is 14.1. The molecule has 1 nitrogen and oxygen atoms in total. The van der Waals surface area contributed by atoms with Crippen molar-refractivity contribution in [2.24, 2.45) is 0 Å². The lowest BCUT2D eigenvalue weighted by molar-refractivity contribution is 0.593. The van der Waals surface area contributed by atoms with E-state index in [9.17, 15) is 4.57 Å². The molecule has 0 atom stereocenters. The van der Waals surface area contributed by atoms with E-state index in [-0.39, 0.29) is 0 Å². The summed E-state index contributed by atoms with van der Waals surface area (Å²) in [5, 5.41) is 1.44. The Morgan fingerprint density at radius 3 is 1.48 bits per heavy atom. The van der Waals surface area contributed by atoms with Gasteiger partial charge in [-0.1, -0.05) is 103 Å². The van der Waals surface area contributed by atoms with Crippen molar-refractivity contribution in [3.05, 3.63) is 129 Å². The van der Waals surface area contributed by atoms with Gasteiger partial charge >= 0.3 is 0 Å². The fraction of sp³-hybridized carbons (Fsp3) is 0. The van der Waals surface area contributed by atoms with Crippen molar-refractivity contribution in [2.45, 2.75) is 0 Å². The summed E-state index contributed by atoms with van der Waals surface area (Å²) in [6.07, 6.45) is 0. The molecule has 0 fully saturated rings. The molecule has 0 amide bonds. The number of hydrogen-bond donors (Lipinski definition) is 0. The Morgan fingerprint density at radius 1 is 0.515 bits per heavy atom. The molecule has 0 saturated heterocycles. The monoisotopic (exact) mass is 552 g/mol. The van der Waals surface area contributed by atoms with Crippen molar-refractivity contribution in [1.82, 2.24) is 0 Å². The third kappa shape index (κ3) is 5.66. The van der Waals surface area contributed by atoms with Gasteiger partial charge in [0.05, 0.1) is 0 Å². The van der Waals surface area contributed by atoms with E-state index in [1.807, 2.05) is 109 Å². The van der Waals surface area contributed by atoms with E-state index in [1.165, 1.54) is 0 Å². The van der Waals surface area contributed by atoms with Crippen molar-refractivity contribution in [3.63, 3.8) is 0 Å². The van der Waals surface area contributed by atoms with Gasteiger partial charge in [0, 0.05) is 30.9 Å². The third-order valence-electron chi connectivity index (χ3n) is 4.85. The van der Waals surface area contributed by atoms with Gasteiger partial charge in [0.25, 0.3) is 0 Å². The lowest BCUT2D eigenvalue weighted by Crippen LogP contribution is -2.14. The average Bonchev–Trinajstić information content (AvgIpc) is 2.88. The van der Waals surface area contributed by atoms with Gasteiger partial charge in [-0.15, -0.1) is 0 Å². The molecule has 0 aliphatic carbocycles. The first-order valence-electron chi connectivity index (χ1n) is 10.3. The van der Waals surface area contributed by atoms with E-state index in [4.69, 9.17) is 0 Å². The van der Waals surface area contributed by atoms with Gasteiger partial charge in [-0.3, -0.25) is 4.57 Å². The molecule has 0 radical (unpaired) electrons. The summed E-state index contributed by atoms with van der Waals surface area (Å²) in [6, 6.07) is 34.4. The van der Waals surface area contributed by atoms with Crippen LogP contribution in [-0.4, -0.2) is 0 Å². The maximum absolute atomic E-state index is 14.1. The second-order valence-electron chi connectivity index (χ2n) is 7.04. The minimum absolute atomic E-state index is 0.718. The summed E-state index contributed by atoms with van der Waals surface area (Å²) >= 11 is 2.26. The second-order valence-corrected chi connectivity index (χ2v) is 10.7. The van der Waals surface area contributed by atoms with Crippen LogP contribution in [0, 0.1) is 38.8 Å². The number of hydrogen-bond acceptors (Lipinski definition) is 1. The molecule has 4 aromatic rings. The van der Waals surface area contributed by atoms with E-state index < -0.39 is 7.14 Å². The number of benzene rings is 4. The molecule has 0 unspecified atom stereocenters. The summed E-state index contributed by atoms with van der Waals surface area (Å²) in [4.78, 5) is 0. The first-order chi connectivity index (χ1) is 16.2. The van der Waals surface area contributed by atoms with Crippen molar-refractivity contribution in [1.29, 1.82) is 0 Å². The maximum Gasteiger partial charge on any atom is 0.211 e. The van der Waals surface area contributed by atoms with Crippen LogP contribution in [0.15, 0.2) is 109 Å². The minimum atomic E-state index is -3.12. The molecule has 0 aliphatic rings. The van der Waals surface area contributed by atoms with Gasteiger partial charge in [0.1, 0.15) is 0 Å². The molecule has 33 heavy (non-hydrogen) atoms. The molecule has 0 aromatic heterocycles. The smallest absolute Gasteiger partial charge is 0.211 e. The fourth-order valence-corrected chi connectivity index (χ4v) is 5.69. The van der Waals surface area contributed by atoms with Crippen LogP contribution in [0.3, 0.4) is 0 Å². The molecule has 0 heterocycles. The zero-order valence-electron chi connectivity index (χ0n) is 17.6. The van der Waals surface area contributed by atoms with Crippen molar-refractivity contribution in [3.8, 4) is 35.3 Å². The standard InChI is InChI=1S/C30H18IOP/c31-30-22-12-11-17-27(30)16-10-9-14-25-13-7-8-15-26(25)23-24-33(32,28-18-3-1-4-19-28)29-20-5-2-6-21-29/h1-8,11-13,15,17-22H. The highest BCUT2D eigenvalue weighted by Crippen LogP contribution is 2.42.